The van der Waals surface area contributed by atoms with Crippen LogP contribution in [0.5, 0.6) is 0 Å². The number of rotatable bonds is 4. The predicted octanol–water partition coefficient (Wildman–Crippen LogP) is 5.79. The Labute approximate surface area is 173 Å². The zero-order valence-electron chi connectivity index (χ0n) is 16.9. The van der Waals surface area contributed by atoms with Gasteiger partial charge in [0.15, 0.2) is 5.82 Å². The predicted molar refractivity (Wildman–Crippen MR) is 120 cm³/mol. The molecule has 0 aliphatic rings. The number of aromatic amines is 1. The van der Waals surface area contributed by atoms with Crippen molar-refractivity contribution < 1.29 is 4.79 Å². The maximum Gasteiger partial charge on any atom is 0.326 e. The summed E-state index contributed by atoms with van der Waals surface area (Å²) in [6, 6.07) is 11.7. The number of carbonyl (C=O) groups excluding carboxylic acids is 1. The van der Waals surface area contributed by atoms with Crippen LogP contribution in [0.15, 0.2) is 47.3 Å². The van der Waals surface area contributed by atoms with Crippen LogP contribution in [-0.4, -0.2) is 28.0 Å². The second-order valence-electron chi connectivity index (χ2n) is 7.38. The van der Waals surface area contributed by atoms with Crippen LogP contribution in [0, 0.1) is 6.92 Å². The highest BCUT2D eigenvalue weighted by molar-refractivity contribution is 7.07. The molecule has 148 valence electrons. The first-order chi connectivity index (χ1) is 13.9. The second kappa shape index (κ2) is 7.67. The maximum absolute atomic E-state index is 12.9. The number of aromatic nitrogens is 3. The number of aryl methyl sites for hydroxylation is 1. The Morgan fingerprint density at radius 1 is 1.21 bits per heavy atom. The van der Waals surface area contributed by atoms with Gasteiger partial charge in [-0.3, -0.25) is 4.90 Å². The summed E-state index contributed by atoms with van der Waals surface area (Å²) in [6.45, 7) is 6.31. The van der Waals surface area contributed by atoms with E-state index in [1.54, 1.807) is 17.5 Å². The van der Waals surface area contributed by atoms with Crippen LogP contribution < -0.4 is 10.2 Å². The number of nitrogens with one attached hydrogen (secondary N) is 2. The van der Waals surface area contributed by atoms with E-state index in [4.69, 9.17) is 0 Å². The molecular weight excluding hydrogens is 382 g/mol. The molecule has 29 heavy (non-hydrogen) atoms. The topological polar surface area (TPSA) is 73.9 Å². The van der Waals surface area contributed by atoms with Gasteiger partial charge in [0, 0.05) is 23.8 Å². The molecule has 0 aliphatic heterocycles. The highest BCUT2D eigenvalue weighted by Crippen LogP contribution is 2.26. The summed E-state index contributed by atoms with van der Waals surface area (Å²) in [4.78, 5) is 26.6. The number of hydrogen-bond donors (Lipinski definition) is 2. The van der Waals surface area contributed by atoms with Crippen molar-refractivity contribution in [3.8, 4) is 11.5 Å². The lowest BCUT2D eigenvalue weighted by Gasteiger charge is -2.21. The van der Waals surface area contributed by atoms with Crippen LogP contribution in [0.25, 0.3) is 22.6 Å². The minimum Gasteiger partial charge on any atom is -0.337 e. The fourth-order valence-corrected chi connectivity index (χ4v) is 3.73. The summed E-state index contributed by atoms with van der Waals surface area (Å²) in [5, 5.41) is 4.92. The smallest absolute Gasteiger partial charge is 0.326 e. The highest BCUT2D eigenvalue weighted by atomic mass is 32.1. The van der Waals surface area contributed by atoms with E-state index >= 15 is 0 Å². The van der Waals surface area contributed by atoms with Crippen molar-refractivity contribution in [2.45, 2.75) is 26.7 Å². The monoisotopic (exact) mass is 405 g/mol. The molecule has 2 N–H and O–H groups in total. The summed E-state index contributed by atoms with van der Waals surface area (Å²) in [5.41, 5.74) is 8.15. The first-order valence-corrected chi connectivity index (χ1v) is 10.4. The number of imidazole rings is 1. The Morgan fingerprint density at radius 2 is 2.03 bits per heavy atom. The van der Waals surface area contributed by atoms with Crippen molar-refractivity contribution >= 4 is 39.8 Å². The fraction of sp³-hybridized carbons (Fsp3) is 0.227. The first kappa shape index (κ1) is 19.1. The van der Waals surface area contributed by atoms with Gasteiger partial charge < -0.3 is 10.3 Å². The van der Waals surface area contributed by atoms with E-state index in [2.05, 4.69) is 52.3 Å². The van der Waals surface area contributed by atoms with Gasteiger partial charge in [-0.05, 0) is 48.2 Å². The summed E-state index contributed by atoms with van der Waals surface area (Å²) < 4.78 is 0. The van der Waals surface area contributed by atoms with E-state index in [1.165, 1.54) is 16.9 Å². The first-order valence-electron chi connectivity index (χ1n) is 9.46. The maximum atomic E-state index is 12.9. The van der Waals surface area contributed by atoms with Gasteiger partial charge in [0.05, 0.1) is 16.5 Å². The number of H-pyrrole nitrogens is 1. The molecule has 4 aromatic rings. The summed E-state index contributed by atoms with van der Waals surface area (Å²) in [7, 11) is 1.79. The number of amides is 2. The van der Waals surface area contributed by atoms with Crippen LogP contribution in [0.4, 0.5) is 16.2 Å². The Hall–Kier alpha value is -3.19. The lowest BCUT2D eigenvalue weighted by Crippen LogP contribution is -2.31. The molecule has 2 aromatic carbocycles. The minimum absolute atomic E-state index is 0.191. The number of hydrogen-bond acceptors (Lipinski definition) is 4. The van der Waals surface area contributed by atoms with E-state index in [0.29, 0.717) is 11.6 Å². The lowest BCUT2D eigenvalue weighted by molar-refractivity contribution is 0.258. The Kier molecular flexibility index (Phi) is 5.07. The van der Waals surface area contributed by atoms with Gasteiger partial charge in [-0.15, -0.1) is 11.3 Å². The van der Waals surface area contributed by atoms with Crippen LogP contribution >= 0.6 is 11.3 Å². The molecule has 0 bridgehead atoms. The van der Waals surface area contributed by atoms with Gasteiger partial charge >= 0.3 is 6.03 Å². The van der Waals surface area contributed by atoms with Crippen molar-refractivity contribution in [1.82, 2.24) is 15.0 Å². The van der Waals surface area contributed by atoms with E-state index in [1.807, 2.05) is 30.5 Å². The standard InChI is InChI=1S/C22H23N5OS/c1-13(2)15-6-5-14(3)20(9-15)27(4)22(28)24-16-7-8-17-18(10-16)26-21(25-17)19-11-29-12-23-19/h5-13H,1-4H3,(H,24,28)(H,25,26). The van der Waals surface area contributed by atoms with Crippen LogP contribution in [0.2, 0.25) is 0 Å². The quantitative estimate of drug-likeness (QED) is 0.451. The third kappa shape index (κ3) is 3.86. The molecule has 0 atom stereocenters. The van der Waals surface area contributed by atoms with Crippen LogP contribution in [0.3, 0.4) is 0 Å². The summed E-state index contributed by atoms with van der Waals surface area (Å²) in [5.74, 6) is 1.13. The highest BCUT2D eigenvalue weighted by Gasteiger charge is 2.15. The Morgan fingerprint density at radius 3 is 2.76 bits per heavy atom. The molecule has 7 heteroatoms. The number of fused-ring (bicyclic) bond motifs is 1. The third-order valence-electron chi connectivity index (χ3n) is 4.98. The molecule has 6 nitrogen and oxygen atoms in total. The van der Waals surface area contributed by atoms with Gasteiger partial charge in [0.1, 0.15) is 5.69 Å². The number of nitrogens with zero attached hydrogens (tertiary/aromatic N) is 3. The van der Waals surface area contributed by atoms with E-state index in [9.17, 15) is 4.79 Å². The second-order valence-corrected chi connectivity index (χ2v) is 8.10. The van der Waals surface area contributed by atoms with Crippen molar-refractivity contribution in [2.75, 3.05) is 17.3 Å². The van der Waals surface area contributed by atoms with Crippen LogP contribution in [-0.2, 0) is 0 Å². The molecule has 0 radical (unpaired) electrons. The molecule has 0 saturated heterocycles. The molecule has 2 heterocycles. The molecule has 0 unspecified atom stereocenters. The van der Waals surface area contributed by atoms with E-state index in [-0.39, 0.29) is 6.03 Å². The van der Waals surface area contributed by atoms with Crippen molar-refractivity contribution in [1.29, 1.82) is 0 Å². The van der Waals surface area contributed by atoms with E-state index < -0.39 is 0 Å². The van der Waals surface area contributed by atoms with Crippen molar-refractivity contribution in [3.05, 3.63) is 58.4 Å². The average Bonchev–Trinajstić information content (AvgIpc) is 3.36. The number of anilines is 2. The third-order valence-corrected chi connectivity index (χ3v) is 5.56. The molecule has 2 amide bonds. The zero-order chi connectivity index (χ0) is 20.5. The summed E-state index contributed by atoms with van der Waals surface area (Å²) in [6.07, 6.45) is 0. The number of benzene rings is 2. The van der Waals surface area contributed by atoms with Gasteiger partial charge in [-0.25, -0.2) is 14.8 Å². The van der Waals surface area contributed by atoms with Gasteiger partial charge in [0.25, 0.3) is 0 Å². The molecule has 0 saturated carbocycles. The van der Waals surface area contributed by atoms with Crippen molar-refractivity contribution in [2.24, 2.45) is 0 Å². The fourth-order valence-electron chi connectivity index (χ4n) is 3.20. The number of urea groups is 1. The Balaban J connectivity index is 1.56. The lowest BCUT2D eigenvalue weighted by atomic mass is 10.0. The van der Waals surface area contributed by atoms with Crippen LogP contribution in [0.1, 0.15) is 30.9 Å². The normalized spacial score (nSPS) is 11.2. The van der Waals surface area contributed by atoms with Gasteiger partial charge in [-0.1, -0.05) is 26.0 Å². The molecule has 2 aromatic heterocycles. The molecule has 0 fully saturated rings. The Bertz CT molecular complexity index is 1160. The van der Waals surface area contributed by atoms with Crippen molar-refractivity contribution in [3.63, 3.8) is 0 Å². The SMILES string of the molecule is Cc1ccc(C(C)C)cc1N(C)C(=O)Nc1ccc2[nH]c(-c3cscn3)nc2c1. The average molecular weight is 406 g/mol. The van der Waals surface area contributed by atoms with Gasteiger partial charge in [0.2, 0.25) is 0 Å². The van der Waals surface area contributed by atoms with E-state index in [0.717, 1.165) is 33.8 Å². The largest absolute Gasteiger partial charge is 0.337 e. The molecule has 4 rings (SSSR count). The number of thiazole rings is 1. The minimum atomic E-state index is -0.191. The molecule has 0 spiro atoms. The zero-order valence-corrected chi connectivity index (χ0v) is 17.7. The van der Waals surface area contributed by atoms with Gasteiger partial charge in [-0.2, -0.15) is 0 Å². The molecule has 0 aliphatic carbocycles. The number of carbonyl (C=O) groups is 1. The summed E-state index contributed by atoms with van der Waals surface area (Å²) >= 11 is 1.53. The molecular formula is C22H23N5OS.